The number of hydrogen-bond donors (Lipinski definition) is 2. The van der Waals surface area contributed by atoms with Crippen LogP contribution in [0.4, 0.5) is 0 Å². The Morgan fingerprint density at radius 3 is 2.76 bits per heavy atom. The summed E-state index contributed by atoms with van der Waals surface area (Å²) < 4.78 is 0. The SMILES string of the molecule is CSCC[C@H](N)C(=O)NC1CCCC1c1ccccc1.Cl. The molecule has 0 aromatic heterocycles. The first-order valence-electron chi connectivity index (χ1n) is 7.32. The second-order valence-electron chi connectivity index (χ2n) is 5.45. The summed E-state index contributed by atoms with van der Waals surface area (Å²) in [4.78, 5) is 12.1. The van der Waals surface area contributed by atoms with Gasteiger partial charge in [-0.25, -0.2) is 0 Å². The van der Waals surface area contributed by atoms with Crippen molar-refractivity contribution in [2.24, 2.45) is 5.73 Å². The molecule has 1 fully saturated rings. The number of amides is 1. The number of carbonyl (C=O) groups excluding carboxylic acids is 1. The van der Waals surface area contributed by atoms with E-state index in [-0.39, 0.29) is 30.4 Å². The predicted octanol–water partition coefficient (Wildman–Crippen LogP) is 2.94. The van der Waals surface area contributed by atoms with Gasteiger partial charge in [0.05, 0.1) is 6.04 Å². The number of carbonyl (C=O) groups is 1. The summed E-state index contributed by atoms with van der Waals surface area (Å²) in [5.74, 6) is 1.38. The molecule has 0 spiro atoms. The van der Waals surface area contributed by atoms with Crippen LogP contribution in [0.3, 0.4) is 0 Å². The number of halogens is 1. The third kappa shape index (κ3) is 5.20. The van der Waals surface area contributed by atoms with Crippen LogP contribution < -0.4 is 11.1 Å². The largest absolute Gasteiger partial charge is 0.351 e. The fourth-order valence-electron chi connectivity index (χ4n) is 2.90. The van der Waals surface area contributed by atoms with E-state index in [0.29, 0.717) is 5.92 Å². The summed E-state index contributed by atoms with van der Waals surface area (Å²) >= 11 is 1.73. The lowest BCUT2D eigenvalue weighted by Gasteiger charge is -2.23. The fourth-order valence-corrected chi connectivity index (χ4v) is 3.39. The molecule has 3 N–H and O–H groups in total. The minimum Gasteiger partial charge on any atom is -0.351 e. The van der Waals surface area contributed by atoms with Gasteiger partial charge >= 0.3 is 0 Å². The van der Waals surface area contributed by atoms with E-state index in [9.17, 15) is 4.79 Å². The maximum Gasteiger partial charge on any atom is 0.237 e. The van der Waals surface area contributed by atoms with Crippen molar-refractivity contribution in [3.63, 3.8) is 0 Å². The van der Waals surface area contributed by atoms with E-state index in [1.54, 1.807) is 11.8 Å². The van der Waals surface area contributed by atoms with Crippen LogP contribution in [0.15, 0.2) is 30.3 Å². The average Bonchev–Trinajstić information content (AvgIpc) is 2.93. The maximum atomic E-state index is 12.1. The first-order chi connectivity index (χ1) is 9.72. The van der Waals surface area contributed by atoms with Crippen LogP contribution in [0.1, 0.15) is 37.2 Å². The minimum absolute atomic E-state index is 0. The molecule has 0 saturated heterocycles. The molecule has 3 nitrogen and oxygen atoms in total. The zero-order valence-corrected chi connectivity index (χ0v) is 14.1. The quantitative estimate of drug-likeness (QED) is 0.844. The number of benzene rings is 1. The Labute approximate surface area is 137 Å². The summed E-state index contributed by atoms with van der Waals surface area (Å²) in [5, 5.41) is 3.16. The lowest BCUT2D eigenvalue weighted by molar-refractivity contribution is -0.123. The monoisotopic (exact) mass is 328 g/mol. The van der Waals surface area contributed by atoms with Gasteiger partial charge in [0.1, 0.15) is 0 Å². The van der Waals surface area contributed by atoms with Gasteiger partial charge in [-0.05, 0) is 36.8 Å². The van der Waals surface area contributed by atoms with Crippen LogP contribution in [0.5, 0.6) is 0 Å². The second kappa shape index (κ2) is 9.34. The first kappa shape index (κ1) is 18.3. The molecular formula is C16H25ClN2OS. The summed E-state index contributed by atoms with van der Waals surface area (Å²) in [5.41, 5.74) is 7.27. The molecule has 0 bridgehead atoms. The van der Waals surface area contributed by atoms with Crippen LogP contribution in [-0.4, -0.2) is 30.0 Å². The Hall–Kier alpha value is -0.710. The second-order valence-corrected chi connectivity index (χ2v) is 6.44. The van der Waals surface area contributed by atoms with Crippen LogP contribution >= 0.6 is 24.2 Å². The number of nitrogens with one attached hydrogen (secondary N) is 1. The molecule has 2 unspecified atom stereocenters. The molecule has 0 aliphatic heterocycles. The van der Waals surface area contributed by atoms with Gasteiger partial charge in [-0.1, -0.05) is 36.8 Å². The molecule has 1 aromatic rings. The molecule has 3 atom stereocenters. The van der Waals surface area contributed by atoms with Crippen LogP contribution in [0.2, 0.25) is 0 Å². The Balaban J connectivity index is 0.00000220. The third-order valence-electron chi connectivity index (χ3n) is 4.04. The fraction of sp³-hybridized carbons (Fsp3) is 0.562. The van der Waals surface area contributed by atoms with Gasteiger partial charge in [0.15, 0.2) is 0 Å². The van der Waals surface area contributed by atoms with Crippen molar-refractivity contribution < 1.29 is 4.79 Å². The van der Waals surface area contributed by atoms with Crippen molar-refractivity contribution in [3.05, 3.63) is 35.9 Å². The van der Waals surface area contributed by atoms with Gasteiger partial charge in [0.2, 0.25) is 5.91 Å². The Morgan fingerprint density at radius 2 is 2.10 bits per heavy atom. The normalized spacial score (nSPS) is 22.4. The van der Waals surface area contributed by atoms with Gasteiger partial charge in [-0.2, -0.15) is 11.8 Å². The standard InChI is InChI=1S/C16H24N2OS.ClH/c1-20-11-10-14(17)16(19)18-15-9-5-8-13(15)12-6-3-2-4-7-12;/h2-4,6-7,13-15H,5,8-11,17H2,1H3,(H,18,19);1H/t13?,14-,15?;/m0./s1. The number of nitrogens with two attached hydrogens (primary N) is 1. The van der Waals surface area contributed by atoms with Crippen LogP contribution in [0.25, 0.3) is 0 Å². The van der Waals surface area contributed by atoms with E-state index in [2.05, 4.69) is 29.6 Å². The summed E-state index contributed by atoms with van der Waals surface area (Å²) in [6, 6.07) is 10.3. The summed E-state index contributed by atoms with van der Waals surface area (Å²) in [6.45, 7) is 0. The molecule has 0 heterocycles. The predicted molar refractivity (Wildman–Crippen MR) is 93.2 cm³/mol. The molecule has 5 heteroatoms. The molecule has 21 heavy (non-hydrogen) atoms. The molecule has 1 aromatic carbocycles. The smallest absolute Gasteiger partial charge is 0.237 e. The Bertz CT molecular complexity index is 430. The van der Waals surface area contributed by atoms with E-state index in [1.807, 2.05) is 12.3 Å². The van der Waals surface area contributed by atoms with E-state index in [4.69, 9.17) is 5.73 Å². The molecule has 1 amide bonds. The van der Waals surface area contributed by atoms with Crippen molar-refractivity contribution in [2.75, 3.05) is 12.0 Å². The highest BCUT2D eigenvalue weighted by molar-refractivity contribution is 7.98. The molecule has 1 aliphatic rings. The average molecular weight is 329 g/mol. The van der Waals surface area contributed by atoms with Gasteiger partial charge in [0.25, 0.3) is 0 Å². The van der Waals surface area contributed by atoms with Gasteiger partial charge in [-0.3, -0.25) is 4.79 Å². The van der Waals surface area contributed by atoms with E-state index in [0.717, 1.165) is 25.0 Å². The van der Waals surface area contributed by atoms with Crippen molar-refractivity contribution in [2.45, 2.75) is 43.7 Å². The van der Waals surface area contributed by atoms with Crippen molar-refractivity contribution in [1.82, 2.24) is 5.32 Å². The van der Waals surface area contributed by atoms with Crippen LogP contribution in [0, 0.1) is 0 Å². The minimum atomic E-state index is -0.375. The lowest BCUT2D eigenvalue weighted by Crippen LogP contribution is -2.46. The summed E-state index contributed by atoms with van der Waals surface area (Å²) in [6.07, 6.45) is 6.16. The third-order valence-corrected chi connectivity index (χ3v) is 4.69. The highest BCUT2D eigenvalue weighted by Crippen LogP contribution is 2.34. The lowest BCUT2D eigenvalue weighted by atomic mass is 9.94. The molecular weight excluding hydrogens is 304 g/mol. The van der Waals surface area contributed by atoms with E-state index in [1.165, 1.54) is 12.0 Å². The van der Waals surface area contributed by atoms with Gasteiger partial charge in [0, 0.05) is 12.0 Å². The van der Waals surface area contributed by atoms with Gasteiger partial charge in [-0.15, -0.1) is 12.4 Å². The zero-order valence-electron chi connectivity index (χ0n) is 12.5. The van der Waals surface area contributed by atoms with E-state index >= 15 is 0 Å². The van der Waals surface area contributed by atoms with Crippen molar-refractivity contribution >= 4 is 30.1 Å². The molecule has 0 radical (unpaired) electrons. The Morgan fingerprint density at radius 1 is 1.38 bits per heavy atom. The maximum absolute atomic E-state index is 12.1. The number of hydrogen-bond acceptors (Lipinski definition) is 3. The van der Waals surface area contributed by atoms with Crippen molar-refractivity contribution in [1.29, 1.82) is 0 Å². The molecule has 118 valence electrons. The highest BCUT2D eigenvalue weighted by Gasteiger charge is 2.30. The van der Waals surface area contributed by atoms with Gasteiger partial charge < -0.3 is 11.1 Å². The number of rotatable bonds is 6. The van der Waals surface area contributed by atoms with E-state index < -0.39 is 0 Å². The molecule has 1 aliphatic carbocycles. The zero-order chi connectivity index (χ0) is 14.4. The molecule has 1 saturated carbocycles. The highest BCUT2D eigenvalue weighted by atomic mass is 35.5. The topological polar surface area (TPSA) is 55.1 Å². The number of thioether (sulfide) groups is 1. The van der Waals surface area contributed by atoms with Crippen molar-refractivity contribution in [3.8, 4) is 0 Å². The summed E-state index contributed by atoms with van der Waals surface area (Å²) in [7, 11) is 0. The van der Waals surface area contributed by atoms with Crippen LogP contribution in [-0.2, 0) is 4.79 Å². The first-order valence-corrected chi connectivity index (χ1v) is 8.71. The Kier molecular flexibility index (Phi) is 8.15. The molecule has 2 rings (SSSR count).